The Balaban J connectivity index is 1.83. The number of hydrogen-bond acceptors (Lipinski definition) is 5. The van der Waals surface area contributed by atoms with E-state index in [2.05, 4.69) is 21.9 Å². The Kier molecular flexibility index (Phi) is 7.04. The summed E-state index contributed by atoms with van der Waals surface area (Å²) in [4.78, 5) is 38.8. The molecule has 1 aliphatic carbocycles. The number of H-pyrrole nitrogens is 1. The van der Waals surface area contributed by atoms with Crippen LogP contribution >= 0.6 is 11.8 Å². The van der Waals surface area contributed by atoms with Gasteiger partial charge in [0.15, 0.2) is 5.82 Å². The zero-order valence-corrected chi connectivity index (χ0v) is 16.5. The van der Waals surface area contributed by atoms with Crippen molar-refractivity contribution in [3.63, 3.8) is 0 Å². The van der Waals surface area contributed by atoms with E-state index in [1.165, 1.54) is 12.6 Å². The van der Waals surface area contributed by atoms with E-state index in [0.29, 0.717) is 18.1 Å². The lowest BCUT2D eigenvalue weighted by molar-refractivity contribution is 0.0648. The molecule has 2 heterocycles. The molecule has 0 spiro atoms. The summed E-state index contributed by atoms with van der Waals surface area (Å²) in [5.74, 6) is 2.08. The fraction of sp³-hybridized carbons (Fsp3) is 0.500. The number of nitrogens with one attached hydrogen (secondary N) is 1. The molecule has 1 aliphatic rings. The van der Waals surface area contributed by atoms with E-state index in [4.69, 9.17) is 0 Å². The van der Waals surface area contributed by atoms with Crippen LogP contribution in [0.4, 0.5) is 0 Å². The first-order valence-electron chi connectivity index (χ1n) is 9.60. The molecule has 0 bridgehead atoms. The van der Waals surface area contributed by atoms with E-state index in [1.54, 1.807) is 18.3 Å². The molecule has 0 radical (unpaired) electrons. The van der Waals surface area contributed by atoms with Gasteiger partial charge < -0.3 is 9.88 Å². The van der Waals surface area contributed by atoms with Gasteiger partial charge in [-0.1, -0.05) is 32.3 Å². The number of pyridine rings is 1. The Morgan fingerprint density at radius 3 is 2.74 bits per heavy atom. The smallest absolute Gasteiger partial charge is 0.264 e. The maximum atomic E-state index is 13.1. The molecule has 1 fully saturated rings. The molecule has 0 saturated heterocycles. The van der Waals surface area contributed by atoms with E-state index in [0.717, 1.165) is 37.2 Å². The largest absolute Gasteiger partial charge is 0.335 e. The summed E-state index contributed by atoms with van der Waals surface area (Å²) in [6.07, 6.45) is 8.58. The van der Waals surface area contributed by atoms with Crippen LogP contribution in [0.1, 0.15) is 49.4 Å². The van der Waals surface area contributed by atoms with E-state index < -0.39 is 5.56 Å². The van der Waals surface area contributed by atoms with Crippen LogP contribution in [0.15, 0.2) is 35.4 Å². The van der Waals surface area contributed by atoms with Crippen molar-refractivity contribution < 1.29 is 4.79 Å². The van der Waals surface area contributed by atoms with Gasteiger partial charge in [0.1, 0.15) is 11.3 Å². The Bertz CT molecular complexity index is 803. The zero-order chi connectivity index (χ0) is 19.1. The molecular weight excluding hydrogens is 360 g/mol. The molecule has 0 atom stereocenters. The van der Waals surface area contributed by atoms with Crippen LogP contribution in [0.2, 0.25) is 0 Å². The minimum Gasteiger partial charge on any atom is -0.335 e. The summed E-state index contributed by atoms with van der Waals surface area (Å²) < 4.78 is 0. The van der Waals surface area contributed by atoms with Gasteiger partial charge >= 0.3 is 0 Å². The van der Waals surface area contributed by atoms with Crippen molar-refractivity contribution in [1.29, 1.82) is 0 Å². The normalized spacial score (nSPS) is 14.9. The number of amides is 1. The summed E-state index contributed by atoms with van der Waals surface area (Å²) in [7, 11) is 0. The van der Waals surface area contributed by atoms with Crippen molar-refractivity contribution in [2.75, 3.05) is 18.1 Å². The third-order valence-electron chi connectivity index (χ3n) is 4.89. The Morgan fingerprint density at radius 2 is 2.07 bits per heavy atom. The van der Waals surface area contributed by atoms with Crippen LogP contribution in [0.25, 0.3) is 11.5 Å². The lowest BCUT2D eigenvalue weighted by atomic mass is 9.94. The lowest BCUT2D eigenvalue weighted by Gasteiger charge is -2.34. The molecule has 0 aliphatic heterocycles. The molecular formula is C20H26N4O2S. The number of nitrogens with zero attached hydrogens (tertiary/aromatic N) is 3. The number of aromatic nitrogens is 3. The van der Waals surface area contributed by atoms with E-state index in [1.807, 2.05) is 22.7 Å². The summed E-state index contributed by atoms with van der Waals surface area (Å²) >= 11 is 1.81. The standard InChI is InChI=1S/C20H26N4O2S/c1-2-27-13-12-24(15-8-4-3-5-9-15)20(26)16-14-22-18(23-19(16)25)17-10-6-7-11-21-17/h6-7,10-11,14-15H,2-5,8-9,12-13H2,1H3,(H,22,23,25). The number of carbonyl (C=O) groups excluding carboxylic acids is 1. The highest BCUT2D eigenvalue weighted by Gasteiger charge is 2.27. The molecule has 6 nitrogen and oxygen atoms in total. The average molecular weight is 387 g/mol. The zero-order valence-electron chi connectivity index (χ0n) is 15.7. The van der Waals surface area contributed by atoms with Crippen LogP contribution < -0.4 is 5.56 Å². The maximum absolute atomic E-state index is 13.1. The molecule has 1 saturated carbocycles. The predicted molar refractivity (Wildman–Crippen MR) is 109 cm³/mol. The highest BCUT2D eigenvalue weighted by atomic mass is 32.2. The van der Waals surface area contributed by atoms with Crippen LogP contribution in [-0.4, -0.2) is 49.9 Å². The Labute approximate surface area is 163 Å². The van der Waals surface area contributed by atoms with Gasteiger partial charge in [-0.05, 0) is 30.7 Å². The first-order valence-corrected chi connectivity index (χ1v) is 10.8. The Hall–Kier alpha value is -2.15. The minimum atomic E-state index is -0.403. The van der Waals surface area contributed by atoms with Gasteiger partial charge in [-0.15, -0.1) is 0 Å². The lowest BCUT2D eigenvalue weighted by Crippen LogP contribution is -2.44. The molecule has 2 aromatic heterocycles. The monoisotopic (exact) mass is 386 g/mol. The SMILES string of the molecule is CCSCCN(C(=O)c1cnc(-c2ccccn2)[nH]c1=O)C1CCCCC1. The third-order valence-corrected chi connectivity index (χ3v) is 5.77. The molecule has 27 heavy (non-hydrogen) atoms. The number of hydrogen-bond donors (Lipinski definition) is 1. The second-order valence-corrected chi connectivity index (χ2v) is 8.07. The number of rotatable bonds is 7. The first-order chi connectivity index (χ1) is 13.2. The van der Waals surface area contributed by atoms with Gasteiger partial charge in [-0.3, -0.25) is 14.6 Å². The van der Waals surface area contributed by atoms with Crippen LogP contribution in [0.5, 0.6) is 0 Å². The predicted octanol–water partition coefficient (Wildman–Crippen LogP) is 3.36. The van der Waals surface area contributed by atoms with Crippen LogP contribution in [0, 0.1) is 0 Å². The number of carbonyl (C=O) groups is 1. The number of aromatic amines is 1. The summed E-state index contributed by atoms with van der Waals surface area (Å²) in [5, 5.41) is 0. The summed E-state index contributed by atoms with van der Waals surface area (Å²) in [6, 6.07) is 5.63. The maximum Gasteiger partial charge on any atom is 0.264 e. The van der Waals surface area contributed by atoms with Gasteiger partial charge in [-0.2, -0.15) is 11.8 Å². The van der Waals surface area contributed by atoms with Gasteiger partial charge in [0.05, 0.1) is 0 Å². The fourth-order valence-electron chi connectivity index (χ4n) is 3.48. The first kappa shape index (κ1) is 19.6. The second kappa shape index (κ2) is 9.69. The van der Waals surface area contributed by atoms with Crippen molar-refractivity contribution >= 4 is 17.7 Å². The van der Waals surface area contributed by atoms with E-state index in [9.17, 15) is 9.59 Å². The van der Waals surface area contributed by atoms with Gasteiger partial charge in [0.2, 0.25) is 0 Å². The molecule has 1 N–H and O–H groups in total. The van der Waals surface area contributed by atoms with Crippen LogP contribution in [0.3, 0.4) is 0 Å². The molecule has 3 rings (SSSR count). The fourth-order valence-corrected chi connectivity index (χ4v) is 4.10. The molecule has 0 aromatic carbocycles. The molecule has 2 aromatic rings. The third kappa shape index (κ3) is 4.97. The van der Waals surface area contributed by atoms with Gasteiger partial charge in [-0.25, -0.2) is 4.98 Å². The van der Waals surface area contributed by atoms with Crippen molar-refractivity contribution in [1.82, 2.24) is 19.9 Å². The molecule has 0 unspecified atom stereocenters. The molecule has 7 heteroatoms. The summed E-state index contributed by atoms with van der Waals surface area (Å²) in [6.45, 7) is 2.78. The van der Waals surface area contributed by atoms with Crippen molar-refractivity contribution in [2.45, 2.75) is 45.1 Å². The average Bonchev–Trinajstić information content (AvgIpc) is 2.72. The molecule has 144 valence electrons. The number of thioether (sulfide) groups is 1. The van der Waals surface area contributed by atoms with E-state index >= 15 is 0 Å². The minimum absolute atomic E-state index is 0.113. The quantitative estimate of drug-likeness (QED) is 0.738. The highest BCUT2D eigenvalue weighted by Crippen LogP contribution is 2.24. The van der Waals surface area contributed by atoms with Crippen molar-refractivity contribution in [3.8, 4) is 11.5 Å². The van der Waals surface area contributed by atoms with E-state index in [-0.39, 0.29) is 17.5 Å². The van der Waals surface area contributed by atoms with Crippen molar-refractivity contribution in [3.05, 3.63) is 46.5 Å². The van der Waals surface area contributed by atoms with Crippen LogP contribution in [-0.2, 0) is 0 Å². The summed E-state index contributed by atoms with van der Waals surface area (Å²) in [5.41, 5.74) is 0.290. The topological polar surface area (TPSA) is 79.0 Å². The van der Waals surface area contributed by atoms with Crippen molar-refractivity contribution in [2.24, 2.45) is 0 Å². The highest BCUT2D eigenvalue weighted by molar-refractivity contribution is 7.99. The Morgan fingerprint density at radius 1 is 1.26 bits per heavy atom. The molecule has 1 amide bonds. The van der Waals surface area contributed by atoms with Gasteiger partial charge in [0, 0.05) is 30.7 Å². The van der Waals surface area contributed by atoms with Gasteiger partial charge in [0.25, 0.3) is 11.5 Å². The second-order valence-electron chi connectivity index (χ2n) is 6.68.